The summed E-state index contributed by atoms with van der Waals surface area (Å²) in [6.45, 7) is 5.10. The van der Waals surface area contributed by atoms with E-state index in [9.17, 15) is 4.79 Å². The van der Waals surface area contributed by atoms with Gasteiger partial charge in [-0.2, -0.15) is 0 Å². The fraction of sp³-hybridized carbons (Fsp3) is 0.400. The molecule has 1 saturated heterocycles. The Morgan fingerprint density at radius 1 is 1.19 bits per heavy atom. The Morgan fingerprint density at radius 3 is 2.73 bits per heavy atom. The zero-order valence-electron chi connectivity index (χ0n) is 15.2. The van der Waals surface area contributed by atoms with Gasteiger partial charge >= 0.3 is 0 Å². The second-order valence-corrected chi connectivity index (χ2v) is 7.33. The predicted molar refractivity (Wildman–Crippen MR) is 109 cm³/mol. The van der Waals surface area contributed by atoms with Crippen LogP contribution in [0, 0.1) is 0 Å². The number of anilines is 1. The minimum absolute atomic E-state index is 0.231. The maximum absolute atomic E-state index is 12.0. The molecule has 26 heavy (non-hydrogen) atoms. The molecule has 2 N–H and O–H groups in total. The second-order valence-electron chi connectivity index (χ2n) is 6.30. The third kappa shape index (κ3) is 5.08. The average molecular weight is 371 g/mol. The molecule has 6 heteroatoms. The SMILES string of the molecule is CCNC(=NCc1ccc(N2CCCCC2=O)cc1)NCc1cccs1. The summed E-state index contributed by atoms with van der Waals surface area (Å²) in [5.41, 5.74) is 2.12. The van der Waals surface area contributed by atoms with Gasteiger partial charge in [0.1, 0.15) is 0 Å². The van der Waals surface area contributed by atoms with Gasteiger partial charge < -0.3 is 15.5 Å². The van der Waals surface area contributed by atoms with Crippen molar-refractivity contribution in [2.75, 3.05) is 18.0 Å². The Bertz CT molecular complexity index is 725. The molecule has 0 saturated carbocycles. The van der Waals surface area contributed by atoms with Gasteiger partial charge in [0.2, 0.25) is 5.91 Å². The van der Waals surface area contributed by atoms with E-state index in [0.717, 1.165) is 49.7 Å². The molecule has 1 fully saturated rings. The topological polar surface area (TPSA) is 56.7 Å². The highest BCUT2D eigenvalue weighted by molar-refractivity contribution is 7.09. The molecule has 1 aromatic carbocycles. The highest BCUT2D eigenvalue weighted by atomic mass is 32.1. The average Bonchev–Trinajstić information content (AvgIpc) is 3.19. The molecule has 3 rings (SSSR count). The van der Waals surface area contributed by atoms with Crippen LogP contribution in [-0.4, -0.2) is 25.0 Å². The van der Waals surface area contributed by atoms with E-state index in [1.807, 2.05) is 17.0 Å². The largest absolute Gasteiger partial charge is 0.357 e. The molecule has 138 valence electrons. The summed E-state index contributed by atoms with van der Waals surface area (Å²) in [5.74, 6) is 1.05. The first-order chi connectivity index (χ1) is 12.8. The maximum Gasteiger partial charge on any atom is 0.226 e. The molecule has 2 heterocycles. The van der Waals surface area contributed by atoms with Gasteiger partial charge in [-0.3, -0.25) is 4.79 Å². The number of thiophene rings is 1. The number of hydrogen-bond donors (Lipinski definition) is 2. The van der Waals surface area contributed by atoms with Gasteiger partial charge in [0, 0.05) is 30.1 Å². The predicted octanol–water partition coefficient (Wildman–Crippen LogP) is 3.52. The summed E-state index contributed by atoms with van der Waals surface area (Å²) in [6.07, 6.45) is 2.75. The Labute approximate surface area is 159 Å². The molecular weight excluding hydrogens is 344 g/mol. The van der Waals surface area contributed by atoms with Crippen LogP contribution in [0.4, 0.5) is 5.69 Å². The third-order valence-corrected chi connectivity index (χ3v) is 5.22. The summed E-state index contributed by atoms with van der Waals surface area (Å²) in [7, 11) is 0. The fourth-order valence-electron chi connectivity index (χ4n) is 2.96. The molecule has 1 aliphatic heterocycles. The monoisotopic (exact) mass is 370 g/mol. The normalized spacial score (nSPS) is 15.2. The molecule has 0 aliphatic carbocycles. The van der Waals surface area contributed by atoms with Gasteiger partial charge in [0.15, 0.2) is 5.96 Å². The lowest BCUT2D eigenvalue weighted by molar-refractivity contribution is -0.119. The van der Waals surface area contributed by atoms with Crippen LogP contribution in [0.3, 0.4) is 0 Å². The number of carbonyl (C=O) groups excluding carboxylic acids is 1. The third-order valence-electron chi connectivity index (χ3n) is 4.35. The van der Waals surface area contributed by atoms with Crippen molar-refractivity contribution in [3.05, 3.63) is 52.2 Å². The van der Waals surface area contributed by atoms with E-state index in [1.165, 1.54) is 4.88 Å². The number of benzene rings is 1. The molecule has 0 unspecified atom stereocenters. The number of aliphatic imine (C=N–C) groups is 1. The van der Waals surface area contributed by atoms with Crippen molar-refractivity contribution in [2.45, 2.75) is 39.3 Å². The molecule has 1 aromatic heterocycles. The fourth-order valence-corrected chi connectivity index (χ4v) is 3.60. The molecule has 0 atom stereocenters. The number of hydrogen-bond acceptors (Lipinski definition) is 3. The first-order valence-corrected chi connectivity index (χ1v) is 10.1. The van der Waals surface area contributed by atoms with Crippen molar-refractivity contribution in [3.63, 3.8) is 0 Å². The van der Waals surface area contributed by atoms with E-state index in [1.54, 1.807) is 11.3 Å². The van der Waals surface area contributed by atoms with Crippen molar-refractivity contribution in [3.8, 4) is 0 Å². The lowest BCUT2D eigenvalue weighted by Crippen LogP contribution is -2.36. The Hall–Kier alpha value is -2.34. The Balaban J connectivity index is 1.59. The Morgan fingerprint density at radius 2 is 2.04 bits per heavy atom. The van der Waals surface area contributed by atoms with Crippen molar-refractivity contribution < 1.29 is 4.79 Å². The number of amides is 1. The lowest BCUT2D eigenvalue weighted by atomic mass is 10.1. The number of piperidine rings is 1. The summed E-state index contributed by atoms with van der Waals surface area (Å²) < 4.78 is 0. The molecular formula is C20H26N4OS. The first-order valence-electron chi connectivity index (χ1n) is 9.20. The summed E-state index contributed by atoms with van der Waals surface area (Å²) in [4.78, 5) is 19.9. The van der Waals surface area contributed by atoms with Gasteiger partial charge in [0.05, 0.1) is 13.1 Å². The van der Waals surface area contributed by atoms with Crippen molar-refractivity contribution in [2.24, 2.45) is 4.99 Å². The van der Waals surface area contributed by atoms with E-state index < -0.39 is 0 Å². The van der Waals surface area contributed by atoms with Gasteiger partial charge in [-0.1, -0.05) is 18.2 Å². The molecule has 0 radical (unpaired) electrons. The highest BCUT2D eigenvalue weighted by Gasteiger charge is 2.19. The molecule has 2 aromatic rings. The van der Waals surface area contributed by atoms with E-state index in [0.29, 0.717) is 13.0 Å². The zero-order chi connectivity index (χ0) is 18.2. The minimum Gasteiger partial charge on any atom is -0.357 e. The Kier molecular flexibility index (Phi) is 6.66. The van der Waals surface area contributed by atoms with E-state index in [2.05, 4.69) is 52.2 Å². The number of guanidine groups is 1. The van der Waals surface area contributed by atoms with Gasteiger partial charge in [-0.05, 0) is 48.9 Å². The number of carbonyl (C=O) groups is 1. The van der Waals surface area contributed by atoms with E-state index >= 15 is 0 Å². The van der Waals surface area contributed by atoms with Crippen molar-refractivity contribution in [1.82, 2.24) is 10.6 Å². The van der Waals surface area contributed by atoms with Crippen LogP contribution in [0.1, 0.15) is 36.6 Å². The van der Waals surface area contributed by atoms with Crippen LogP contribution in [0.25, 0.3) is 0 Å². The minimum atomic E-state index is 0.231. The van der Waals surface area contributed by atoms with Crippen LogP contribution in [-0.2, 0) is 17.9 Å². The first kappa shape index (κ1) is 18.5. The van der Waals surface area contributed by atoms with E-state index in [-0.39, 0.29) is 5.91 Å². The molecule has 0 spiro atoms. The van der Waals surface area contributed by atoms with Crippen LogP contribution < -0.4 is 15.5 Å². The second kappa shape index (κ2) is 9.38. The molecule has 5 nitrogen and oxygen atoms in total. The molecule has 1 aliphatic rings. The van der Waals surface area contributed by atoms with Crippen LogP contribution in [0.15, 0.2) is 46.8 Å². The standard InChI is InChI=1S/C20H26N4OS/c1-2-21-20(23-15-18-6-5-13-26-18)22-14-16-8-10-17(11-9-16)24-12-4-3-7-19(24)25/h5-6,8-11,13H,2-4,7,12,14-15H2,1H3,(H2,21,22,23). The highest BCUT2D eigenvalue weighted by Crippen LogP contribution is 2.21. The van der Waals surface area contributed by atoms with Gasteiger partial charge in [-0.25, -0.2) is 4.99 Å². The number of nitrogens with zero attached hydrogens (tertiary/aromatic N) is 2. The van der Waals surface area contributed by atoms with Gasteiger partial charge in [0.25, 0.3) is 0 Å². The van der Waals surface area contributed by atoms with Crippen LogP contribution in [0.5, 0.6) is 0 Å². The van der Waals surface area contributed by atoms with Crippen LogP contribution >= 0.6 is 11.3 Å². The summed E-state index contributed by atoms with van der Waals surface area (Å²) in [5, 5.41) is 8.71. The smallest absolute Gasteiger partial charge is 0.226 e. The molecule has 0 bridgehead atoms. The van der Waals surface area contributed by atoms with E-state index in [4.69, 9.17) is 0 Å². The number of nitrogens with one attached hydrogen (secondary N) is 2. The summed E-state index contributed by atoms with van der Waals surface area (Å²) >= 11 is 1.74. The van der Waals surface area contributed by atoms with Crippen molar-refractivity contribution in [1.29, 1.82) is 0 Å². The number of rotatable bonds is 6. The quantitative estimate of drug-likeness (QED) is 0.604. The van der Waals surface area contributed by atoms with Gasteiger partial charge in [-0.15, -0.1) is 11.3 Å². The lowest BCUT2D eigenvalue weighted by Gasteiger charge is -2.26. The van der Waals surface area contributed by atoms with Crippen molar-refractivity contribution >= 4 is 28.9 Å². The molecule has 1 amide bonds. The summed E-state index contributed by atoms with van der Waals surface area (Å²) in [6, 6.07) is 12.3. The zero-order valence-corrected chi connectivity index (χ0v) is 16.0. The maximum atomic E-state index is 12.0. The van der Waals surface area contributed by atoms with Crippen LogP contribution in [0.2, 0.25) is 0 Å².